The van der Waals surface area contributed by atoms with Crippen LogP contribution in [0, 0.1) is 0 Å². The minimum absolute atomic E-state index is 0.114. The predicted molar refractivity (Wildman–Crippen MR) is 63.7 cm³/mol. The van der Waals surface area contributed by atoms with E-state index < -0.39 is 11.6 Å². The van der Waals surface area contributed by atoms with Gasteiger partial charge in [0.15, 0.2) is 0 Å². The summed E-state index contributed by atoms with van der Waals surface area (Å²) < 4.78 is 46.0. The van der Waals surface area contributed by atoms with Crippen LogP contribution in [0.25, 0.3) is 11.0 Å². The quantitative estimate of drug-likeness (QED) is 0.856. The predicted octanol–water partition coefficient (Wildman–Crippen LogP) is 3.23. The monoisotopic (exact) mass is 270 g/mol. The molecule has 0 spiro atoms. The van der Waals surface area contributed by atoms with Gasteiger partial charge in [0.2, 0.25) is 0 Å². The third kappa shape index (κ3) is 1.82. The SMILES string of the molecule is COCn1ccc2ccc(C3(C(F)(F)F)CC3)nc21. The number of hydrogen-bond acceptors (Lipinski definition) is 2. The molecule has 0 unspecified atom stereocenters. The first-order valence-corrected chi connectivity index (χ1v) is 6.00. The average molecular weight is 270 g/mol. The summed E-state index contributed by atoms with van der Waals surface area (Å²) in [5.74, 6) is 0. The van der Waals surface area contributed by atoms with Gasteiger partial charge in [0, 0.05) is 18.7 Å². The number of nitrogens with zero attached hydrogens (tertiary/aromatic N) is 2. The highest BCUT2D eigenvalue weighted by molar-refractivity contribution is 5.76. The number of halogens is 3. The van der Waals surface area contributed by atoms with Gasteiger partial charge in [-0.2, -0.15) is 13.2 Å². The van der Waals surface area contributed by atoms with Gasteiger partial charge < -0.3 is 9.30 Å². The molecule has 0 aromatic carbocycles. The first-order valence-electron chi connectivity index (χ1n) is 6.00. The van der Waals surface area contributed by atoms with Crippen molar-refractivity contribution in [1.29, 1.82) is 0 Å². The molecule has 0 bridgehead atoms. The summed E-state index contributed by atoms with van der Waals surface area (Å²) >= 11 is 0. The van der Waals surface area contributed by atoms with Crippen molar-refractivity contribution in [1.82, 2.24) is 9.55 Å². The van der Waals surface area contributed by atoms with Crippen LogP contribution in [0.1, 0.15) is 18.5 Å². The Morgan fingerprint density at radius 2 is 2.05 bits per heavy atom. The van der Waals surface area contributed by atoms with E-state index in [1.807, 2.05) is 6.07 Å². The van der Waals surface area contributed by atoms with Crippen LogP contribution >= 0.6 is 0 Å². The molecule has 19 heavy (non-hydrogen) atoms. The molecule has 2 heterocycles. The molecule has 0 radical (unpaired) electrons. The maximum atomic E-state index is 13.1. The molecule has 0 aliphatic heterocycles. The fourth-order valence-corrected chi connectivity index (χ4v) is 2.38. The lowest BCUT2D eigenvalue weighted by molar-refractivity contribution is -0.161. The Labute approximate surface area is 108 Å². The van der Waals surface area contributed by atoms with Gasteiger partial charge in [-0.25, -0.2) is 4.98 Å². The van der Waals surface area contributed by atoms with Gasteiger partial charge in [0.25, 0.3) is 0 Å². The van der Waals surface area contributed by atoms with Crippen LogP contribution in [0.2, 0.25) is 0 Å². The fourth-order valence-electron chi connectivity index (χ4n) is 2.38. The number of pyridine rings is 1. The molecule has 2 aromatic heterocycles. The number of rotatable bonds is 3. The summed E-state index contributed by atoms with van der Waals surface area (Å²) in [7, 11) is 1.54. The molecular formula is C13H13F3N2O. The van der Waals surface area contributed by atoms with Crippen molar-refractivity contribution in [3.05, 3.63) is 30.1 Å². The largest absolute Gasteiger partial charge is 0.399 e. The topological polar surface area (TPSA) is 27.1 Å². The highest BCUT2D eigenvalue weighted by Crippen LogP contribution is 2.58. The molecule has 102 valence electrons. The van der Waals surface area contributed by atoms with Gasteiger partial charge in [0.05, 0.1) is 5.69 Å². The average Bonchev–Trinajstić information content (AvgIpc) is 3.08. The maximum absolute atomic E-state index is 13.1. The molecule has 0 saturated heterocycles. The van der Waals surface area contributed by atoms with Crippen LogP contribution in [0.5, 0.6) is 0 Å². The van der Waals surface area contributed by atoms with E-state index in [0.29, 0.717) is 5.65 Å². The van der Waals surface area contributed by atoms with E-state index in [1.54, 1.807) is 16.8 Å². The van der Waals surface area contributed by atoms with Gasteiger partial charge in [-0.3, -0.25) is 0 Å². The Morgan fingerprint density at radius 3 is 2.63 bits per heavy atom. The van der Waals surface area contributed by atoms with Crippen LogP contribution in [-0.2, 0) is 16.9 Å². The molecule has 0 amide bonds. The standard InChI is InChI=1S/C13H13F3N2O/c1-19-8-18-7-4-9-2-3-10(17-11(9)18)12(5-6-12)13(14,15)16/h2-4,7H,5-6,8H2,1H3. The Morgan fingerprint density at radius 1 is 1.32 bits per heavy atom. The molecule has 0 atom stereocenters. The summed E-state index contributed by atoms with van der Waals surface area (Å²) in [6, 6.07) is 4.99. The molecule has 1 fully saturated rings. The lowest BCUT2D eigenvalue weighted by Gasteiger charge is -2.18. The Balaban J connectivity index is 2.09. The van der Waals surface area contributed by atoms with Crippen LogP contribution in [-0.4, -0.2) is 22.8 Å². The van der Waals surface area contributed by atoms with Crippen molar-refractivity contribution >= 4 is 11.0 Å². The van der Waals surface area contributed by atoms with E-state index in [4.69, 9.17) is 4.74 Å². The fraction of sp³-hybridized carbons (Fsp3) is 0.462. The number of aromatic nitrogens is 2. The molecular weight excluding hydrogens is 257 g/mol. The Hall–Kier alpha value is -1.56. The summed E-state index contributed by atoms with van der Waals surface area (Å²) in [5, 5.41) is 0.818. The lowest BCUT2D eigenvalue weighted by atomic mass is 10.0. The Bertz CT molecular complexity index is 614. The zero-order valence-corrected chi connectivity index (χ0v) is 10.4. The molecule has 2 aromatic rings. The highest BCUT2D eigenvalue weighted by Gasteiger charge is 2.65. The van der Waals surface area contributed by atoms with E-state index in [1.165, 1.54) is 13.2 Å². The zero-order valence-electron chi connectivity index (χ0n) is 10.4. The number of ether oxygens (including phenoxy) is 1. The van der Waals surface area contributed by atoms with E-state index in [2.05, 4.69) is 4.98 Å². The third-order valence-electron chi connectivity index (χ3n) is 3.66. The van der Waals surface area contributed by atoms with E-state index in [-0.39, 0.29) is 25.3 Å². The van der Waals surface area contributed by atoms with Gasteiger partial charge in [0.1, 0.15) is 17.8 Å². The zero-order chi connectivity index (χ0) is 13.7. The van der Waals surface area contributed by atoms with Gasteiger partial charge >= 0.3 is 6.18 Å². The smallest absolute Gasteiger partial charge is 0.364 e. The summed E-state index contributed by atoms with van der Waals surface area (Å²) in [6.07, 6.45) is -2.22. The van der Waals surface area contributed by atoms with Crippen LogP contribution < -0.4 is 0 Å². The normalized spacial score (nSPS) is 17.9. The third-order valence-corrected chi connectivity index (χ3v) is 3.66. The first kappa shape index (κ1) is 12.5. The summed E-state index contributed by atoms with van der Waals surface area (Å²) in [6.45, 7) is 0.277. The Kier molecular flexibility index (Phi) is 2.60. The number of methoxy groups -OCH3 is 1. The van der Waals surface area contributed by atoms with Crippen molar-refractivity contribution in [2.24, 2.45) is 0 Å². The highest BCUT2D eigenvalue weighted by atomic mass is 19.4. The van der Waals surface area contributed by atoms with Crippen molar-refractivity contribution in [3.8, 4) is 0 Å². The molecule has 1 saturated carbocycles. The van der Waals surface area contributed by atoms with Gasteiger partial charge in [-0.05, 0) is 31.0 Å². The minimum Gasteiger partial charge on any atom is -0.364 e. The van der Waals surface area contributed by atoms with Crippen LogP contribution in [0.3, 0.4) is 0 Å². The van der Waals surface area contributed by atoms with Crippen LogP contribution in [0.4, 0.5) is 13.2 Å². The number of fused-ring (bicyclic) bond motifs is 1. The summed E-state index contributed by atoms with van der Waals surface area (Å²) in [5.41, 5.74) is -1.08. The number of hydrogen-bond donors (Lipinski definition) is 0. The first-order chi connectivity index (χ1) is 8.98. The van der Waals surface area contributed by atoms with Crippen LogP contribution in [0.15, 0.2) is 24.4 Å². The molecule has 1 aliphatic rings. The van der Waals surface area contributed by atoms with Crippen molar-refractivity contribution in [2.45, 2.75) is 31.2 Å². The van der Waals surface area contributed by atoms with E-state index in [9.17, 15) is 13.2 Å². The maximum Gasteiger partial charge on any atom is 0.399 e. The molecule has 6 heteroatoms. The molecule has 3 nitrogen and oxygen atoms in total. The van der Waals surface area contributed by atoms with Gasteiger partial charge in [-0.15, -0.1) is 0 Å². The van der Waals surface area contributed by atoms with Gasteiger partial charge in [-0.1, -0.05) is 0 Å². The van der Waals surface area contributed by atoms with Crippen molar-refractivity contribution in [2.75, 3.05) is 7.11 Å². The molecule has 1 aliphatic carbocycles. The lowest BCUT2D eigenvalue weighted by Crippen LogP contribution is -2.29. The second-order valence-corrected chi connectivity index (χ2v) is 4.89. The summed E-state index contributed by atoms with van der Waals surface area (Å²) in [4.78, 5) is 4.22. The van der Waals surface area contributed by atoms with Crippen molar-refractivity contribution in [3.63, 3.8) is 0 Å². The minimum atomic E-state index is -4.23. The van der Waals surface area contributed by atoms with E-state index >= 15 is 0 Å². The second-order valence-electron chi connectivity index (χ2n) is 4.89. The molecule has 3 rings (SSSR count). The second kappa shape index (κ2) is 3.96. The molecule has 0 N–H and O–H groups in total. The van der Waals surface area contributed by atoms with Crippen molar-refractivity contribution < 1.29 is 17.9 Å². The van der Waals surface area contributed by atoms with E-state index in [0.717, 1.165) is 5.39 Å². The number of alkyl halides is 3.